The molecule has 178 valence electrons. The quantitative estimate of drug-likeness (QED) is 0.324. The predicted molar refractivity (Wildman–Crippen MR) is 125 cm³/mol. The van der Waals surface area contributed by atoms with Crippen molar-refractivity contribution in [2.75, 3.05) is 10.6 Å². The van der Waals surface area contributed by atoms with Crippen molar-refractivity contribution in [1.82, 2.24) is 4.98 Å². The first kappa shape index (κ1) is 26.0. The average Bonchev–Trinajstić information content (AvgIpc) is 2.78. The summed E-state index contributed by atoms with van der Waals surface area (Å²) >= 11 is 0. The fourth-order valence-corrected chi connectivity index (χ4v) is 3.51. The van der Waals surface area contributed by atoms with E-state index in [1.165, 1.54) is 18.0 Å². The summed E-state index contributed by atoms with van der Waals surface area (Å²) < 4.78 is 40.1. The summed E-state index contributed by atoms with van der Waals surface area (Å²) in [7, 11) is 0. The Hall–Kier alpha value is -3.27. The Balaban J connectivity index is 2.53. The Morgan fingerprint density at radius 3 is 2.27 bits per heavy atom. The number of aliphatic imine (C=N–C) groups is 1. The van der Waals surface area contributed by atoms with E-state index >= 15 is 0 Å². The van der Waals surface area contributed by atoms with E-state index in [2.05, 4.69) is 4.98 Å². The minimum absolute atomic E-state index is 0.138. The molecule has 33 heavy (non-hydrogen) atoms. The molecule has 10 heteroatoms. The smallest absolute Gasteiger partial charge is 0.392 e. The predicted octanol–water partition coefficient (Wildman–Crippen LogP) is 4.51. The van der Waals surface area contributed by atoms with Crippen LogP contribution in [0, 0.1) is 28.6 Å². The first-order valence-electron chi connectivity index (χ1n) is 10.4. The molecule has 0 radical (unpaired) electrons. The second kappa shape index (κ2) is 11.0. The van der Waals surface area contributed by atoms with E-state index < -0.39 is 30.0 Å². The van der Waals surface area contributed by atoms with E-state index in [9.17, 15) is 18.3 Å². The number of halogens is 3. The van der Waals surface area contributed by atoms with E-state index in [4.69, 9.17) is 21.5 Å². The summed E-state index contributed by atoms with van der Waals surface area (Å²) in [5.41, 5.74) is 7.74. The maximum Gasteiger partial charge on any atom is 0.396 e. The number of nitrogens with one attached hydrogen (secondary N) is 2. The molecule has 0 aliphatic carbocycles. The van der Waals surface area contributed by atoms with Crippen LogP contribution in [-0.4, -0.2) is 40.7 Å². The minimum atomic E-state index is -4.52. The largest absolute Gasteiger partial charge is 0.396 e. The van der Waals surface area contributed by atoms with E-state index in [0.29, 0.717) is 23.0 Å². The van der Waals surface area contributed by atoms with Gasteiger partial charge >= 0.3 is 6.18 Å². The van der Waals surface area contributed by atoms with Gasteiger partial charge in [-0.1, -0.05) is 26.0 Å². The monoisotopic (exact) mass is 462 g/mol. The molecule has 0 aliphatic heterocycles. The summed E-state index contributed by atoms with van der Waals surface area (Å²) in [6, 6.07) is 9.53. The molecule has 1 heterocycles. The summed E-state index contributed by atoms with van der Waals surface area (Å²) in [5.74, 6) is -2.91. The van der Waals surface area contributed by atoms with Crippen molar-refractivity contribution in [2.45, 2.75) is 39.6 Å². The molecule has 0 bridgehead atoms. The number of nitrogens with zero attached hydrogens (tertiary/aromatic N) is 3. The van der Waals surface area contributed by atoms with Gasteiger partial charge in [0.2, 0.25) is 0 Å². The first-order valence-corrected chi connectivity index (χ1v) is 10.4. The lowest BCUT2D eigenvalue weighted by molar-refractivity contribution is -0.169. The van der Waals surface area contributed by atoms with E-state index in [1.54, 1.807) is 50.2 Å². The number of hydrogen-bond donors (Lipinski definition) is 4. The molecule has 0 amide bonds. The Morgan fingerprint density at radius 1 is 1.15 bits per heavy atom. The number of aromatic nitrogens is 1. The Morgan fingerprint density at radius 2 is 1.79 bits per heavy atom. The fourth-order valence-electron chi connectivity index (χ4n) is 3.51. The molecule has 0 fully saturated rings. The second-order valence-corrected chi connectivity index (χ2v) is 7.91. The highest BCUT2D eigenvalue weighted by Crippen LogP contribution is 2.36. The third-order valence-corrected chi connectivity index (χ3v) is 5.87. The van der Waals surface area contributed by atoms with Crippen molar-refractivity contribution in [3.05, 3.63) is 53.7 Å². The van der Waals surface area contributed by atoms with Gasteiger partial charge in [-0.3, -0.25) is 15.3 Å². The van der Waals surface area contributed by atoms with Gasteiger partial charge in [0.25, 0.3) is 0 Å². The van der Waals surface area contributed by atoms with E-state index in [1.807, 2.05) is 0 Å². The number of aliphatic hydroxyl groups is 1. The maximum absolute atomic E-state index is 13.4. The van der Waals surface area contributed by atoms with Crippen LogP contribution in [0.5, 0.6) is 0 Å². The Kier molecular flexibility index (Phi) is 8.69. The first-order chi connectivity index (χ1) is 15.5. The molecule has 0 aliphatic rings. The molecule has 0 spiro atoms. The number of benzene rings is 1. The molecule has 7 nitrogen and oxygen atoms in total. The molecule has 0 saturated heterocycles. The molecule has 2 rings (SSSR count). The minimum Gasteiger partial charge on any atom is -0.392 e. The lowest BCUT2D eigenvalue weighted by Crippen LogP contribution is -2.37. The molecular formula is C23H29F3N6O. The summed E-state index contributed by atoms with van der Waals surface area (Å²) in [4.78, 5) is 10.2. The number of nitrogen functional groups attached to an aromatic ring is 1. The van der Waals surface area contributed by atoms with Crippen LogP contribution in [-0.2, 0) is 6.61 Å². The highest BCUT2D eigenvalue weighted by molar-refractivity contribution is 6.20. The van der Waals surface area contributed by atoms with Gasteiger partial charge in [0.1, 0.15) is 11.7 Å². The summed E-state index contributed by atoms with van der Waals surface area (Å²) in [6.07, 6.45) is -1.54. The van der Waals surface area contributed by atoms with Gasteiger partial charge in [0, 0.05) is 18.1 Å². The molecule has 1 aromatic heterocycles. The number of alkyl halides is 3. The molecule has 1 aromatic carbocycles. The topological polar surface area (TPSA) is 122 Å². The SMILES string of the molecule is C[C@@H]([C@@H](C)N=C(c1cccnc1N)N(C=N)c1ccc(CO)cc1)[C@@H](C)C(C=N)C(F)(F)F. The number of nitrogens with two attached hydrogens (primary N) is 1. The fraction of sp³-hybridized carbons (Fsp3) is 0.391. The lowest BCUT2D eigenvalue weighted by atomic mass is 9.80. The van der Waals surface area contributed by atoms with Crippen LogP contribution in [0.1, 0.15) is 31.9 Å². The van der Waals surface area contributed by atoms with Gasteiger partial charge in [-0.2, -0.15) is 13.2 Å². The van der Waals surface area contributed by atoms with Crippen molar-refractivity contribution in [1.29, 1.82) is 10.8 Å². The van der Waals surface area contributed by atoms with Crippen LogP contribution in [0.4, 0.5) is 24.7 Å². The summed E-state index contributed by atoms with van der Waals surface area (Å²) in [6.45, 7) is 4.68. The highest BCUT2D eigenvalue weighted by Gasteiger charge is 2.44. The van der Waals surface area contributed by atoms with Crippen LogP contribution >= 0.6 is 0 Å². The van der Waals surface area contributed by atoms with Gasteiger partial charge < -0.3 is 16.2 Å². The van der Waals surface area contributed by atoms with Crippen molar-refractivity contribution < 1.29 is 18.3 Å². The zero-order chi connectivity index (χ0) is 24.8. The standard InChI is InChI=1S/C23H29F3N6O/c1-14(15(2)20(11-27)23(24,25)26)16(3)31-22(19-5-4-10-30-21(19)29)32(13-28)18-8-6-17(12-33)7-9-18/h4-11,13-16,20,27-28,33H,12H2,1-3H3,(H2,29,30)/t14-,15-,16-,20?/m1/s1. The Bertz CT molecular complexity index is 977. The highest BCUT2D eigenvalue weighted by atomic mass is 19.4. The third kappa shape index (κ3) is 6.16. The number of aliphatic hydroxyl groups excluding tert-OH is 1. The third-order valence-electron chi connectivity index (χ3n) is 5.87. The van der Waals surface area contributed by atoms with Crippen molar-refractivity contribution >= 4 is 29.9 Å². The van der Waals surface area contributed by atoms with Crippen LogP contribution in [0.2, 0.25) is 0 Å². The maximum atomic E-state index is 13.4. The number of anilines is 2. The zero-order valence-electron chi connectivity index (χ0n) is 18.7. The van der Waals surface area contributed by atoms with Crippen LogP contribution in [0.25, 0.3) is 0 Å². The summed E-state index contributed by atoms with van der Waals surface area (Å²) in [5, 5.41) is 24.6. The van der Waals surface area contributed by atoms with Gasteiger partial charge in [0.15, 0.2) is 0 Å². The number of rotatable bonds is 9. The lowest BCUT2D eigenvalue weighted by Gasteiger charge is -2.31. The molecule has 1 unspecified atom stereocenters. The number of hydrogen-bond acceptors (Lipinski definition) is 6. The van der Waals surface area contributed by atoms with Crippen LogP contribution in [0.3, 0.4) is 0 Å². The molecule has 2 aromatic rings. The zero-order valence-corrected chi connectivity index (χ0v) is 18.7. The molecule has 0 saturated carbocycles. The second-order valence-electron chi connectivity index (χ2n) is 7.91. The van der Waals surface area contributed by atoms with Crippen LogP contribution < -0.4 is 10.6 Å². The normalized spacial score (nSPS) is 15.9. The van der Waals surface area contributed by atoms with Gasteiger partial charge in [-0.15, -0.1) is 0 Å². The van der Waals surface area contributed by atoms with Crippen molar-refractivity contribution in [3.8, 4) is 0 Å². The van der Waals surface area contributed by atoms with Crippen molar-refractivity contribution in [3.63, 3.8) is 0 Å². The average molecular weight is 463 g/mol. The molecule has 4 atom stereocenters. The van der Waals surface area contributed by atoms with Crippen molar-refractivity contribution in [2.24, 2.45) is 22.7 Å². The Labute approximate surface area is 191 Å². The molecular weight excluding hydrogens is 433 g/mol. The van der Waals surface area contributed by atoms with E-state index in [0.717, 1.165) is 6.34 Å². The van der Waals surface area contributed by atoms with Gasteiger partial charge in [0.05, 0.1) is 30.5 Å². The number of pyridine rings is 1. The van der Waals surface area contributed by atoms with Crippen LogP contribution in [0.15, 0.2) is 47.6 Å². The van der Waals surface area contributed by atoms with Gasteiger partial charge in [-0.25, -0.2) is 4.98 Å². The molecule has 5 N–H and O–H groups in total. The van der Waals surface area contributed by atoms with E-state index in [-0.39, 0.29) is 18.3 Å². The van der Waals surface area contributed by atoms with Gasteiger partial charge in [-0.05, 0) is 48.6 Å². The number of amidine groups is 1.